The van der Waals surface area contributed by atoms with Crippen molar-refractivity contribution in [3.05, 3.63) is 89.4 Å². The first kappa shape index (κ1) is 33.2. The maximum Gasteiger partial charge on any atom is 0.270 e. The number of fused-ring (bicyclic) bond motifs is 1. The number of methoxy groups -OCH3 is 3. The fourth-order valence-electron chi connectivity index (χ4n) is 5.54. The van der Waals surface area contributed by atoms with E-state index in [1.165, 1.54) is 6.08 Å². The third-order valence-electron chi connectivity index (χ3n) is 8.15. The van der Waals surface area contributed by atoms with Gasteiger partial charge < -0.3 is 24.6 Å². The van der Waals surface area contributed by atoms with Crippen molar-refractivity contribution < 1.29 is 24.1 Å². The number of hydrogen-bond donors (Lipinski definition) is 2. The highest BCUT2D eigenvalue weighted by atomic mass is 16.5. The molecule has 0 bridgehead atoms. The van der Waals surface area contributed by atoms with Gasteiger partial charge in [-0.2, -0.15) is 15.5 Å². The lowest BCUT2D eigenvalue weighted by molar-refractivity contribution is 0.0946. The summed E-state index contributed by atoms with van der Waals surface area (Å²) in [6.45, 7) is 2.32. The van der Waals surface area contributed by atoms with Crippen LogP contribution < -0.4 is 19.5 Å². The summed E-state index contributed by atoms with van der Waals surface area (Å²) in [5.74, 6) is 2.03. The Bertz CT molecular complexity index is 2260. The number of benzene rings is 2. The number of rotatable bonds is 12. The maximum absolute atomic E-state index is 13.7. The fraction of sp³-hybridized carbons (Fsp3) is 0.229. The summed E-state index contributed by atoms with van der Waals surface area (Å²) in [5.41, 5.74) is 3.46. The lowest BCUT2D eigenvalue weighted by Gasteiger charge is -2.14. The van der Waals surface area contributed by atoms with E-state index in [0.717, 1.165) is 11.1 Å². The number of aryl methyl sites for hydroxylation is 2. The molecule has 0 aliphatic heterocycles. The van der Waals surface area contributed by atoms with Gasteiger partial charge in [-0.1, -0.05) is 18.2 Å². The van der Waals surface area contributed by atoms with Crippen LogP contribution in [-0.2, 0) is 26.7 Å². The smallest absolute Gasteiger partial charge is 0.270 e. The number of aromatic hydroxyl groups is 1. The Balaban J connectivity index is 1.47. The number of amides is 1. The molecule has 0 saturated heterocycles. The van der Waals surface area contributed by atoms with E-state index in [4.69, 9.17) is 24.5 Å². The Morgan fingerprint density at radius 3 is 2.48 bits per heavy atom. The lowest BCUT2D eigenvalue weighted by atomic mass is 10.1. The second-order valence-corrected chi connectivity index (χ2v) is 11.2. The monoisotopic (exact) mass is 674 g/mol. The van der Waals surface area contributed by atoms with Crippen LogP contribution in [0.3, 0.4) is 0 Å². The quantitative estimate of drug-likeness (QED) is 0.178. The van der Waals surface area contributed by atoms with Crippen molar-refractivity contribution in [3.63, 3.8) is 0 Å². The summed E-state index contributed by atoms with van der Waals surface area (Å²) in [4.78, 5) is 18.5. The number of nitriles is 1. The first-order chi connectivity index (χ1) is 24.3. The second kappa shape index (κ2) is 14.2. The molecule has 0 radical (unpaired) electrons. The maximum atomic E-state index is 13.7. The average Bonchev–Trinajstić information content (AvgIpc) is 3.81. The number of hydrogen-bond acceptors (Lipinski definition) is 11. The molecule has 4 aromatic heterocycles. The summed E-state index contributed by atoms with van der Waals surface area (Å²) in [7, 11) is 6.50. The van der Waals surface area contributed by atoms with Gasteiger partial charge in [0.2, 0.25) is 0 Å². The largest absolute Gasteiger partial charge is 0.504 e. The van der Waals surface area contributed by atoms with Crippen LogP contribution in [0, 0.1) is 18.3 Å². The highest BCUT2D eigenvalue weighted by molar-refractivity contribution is 5.99. The molecule has 1 amide bonds. The molecular weight excluding hydrogens is 640 g/mol. The molecule has 0 aliphatic rings. The molecule has 0 aliphatic carbocycles. The third-order valence-corrected chi connectivity index (χ3v) is 8.15. The van der Waals surface area contributed by atoms with Gasteiger partial charge in [0.1, 0.15) is 40.0 Å². The topological polar surface area (TPSA) is 180 Å². The third kappa shape index (κ3) is 6.41. The molecule has 50 heavy (non-hydrogen) atoms. The van der Waals surface area contributed by atoms with Crippen molar-refractivity contribution in [1.29, 1.82) is 5.26 Å². The van der Waals surface area contributed by atoms with Gasteiger partial charge in [0, 0.05) is 36.7 Å². The number of nitrogens with one attached hydrogen (secondary N) is 1. The Kier molecular flexibility index (Phi) is 9.43. The van der Waals surface area contributed by atoms with Gasteiger partial charge in [0.05, 0.1) is 52.2 Å². The van der Waals surface area contributed by atoms with E-state index < -0.39 is 5.91 Å². The van der Waals surface area contributed by atoms with Crippen LogP contribution >= 0.6 is 0 Å². The van der Waals surface area contributed by atoms with Gasteiger partial charge in [-0.15, -0.1) is 10.2 Å². The molecule has 2 N–H and O–H groups in total. The summed E-state index contributed by atoms with van der Waals surface area (Å²) >= 11 is 0. The molecule has 4 heterocycles. The fourth-order valence-corrected chi connectivity index (χ4v) is 5.54. The van der Waals surface area contributed by atoms with Gasteiger partial charge in [-0.05, 0) is 42.8 Å². The van der Waals surface area contributed by atoms with E-state index in [9.17, 15) is 9.90 Å². The zero-order valence-electron chi connectivity index (χ0n) is 28.1. The molecule has 0 fully saturated rings. The number of pyridine rings is 1. The molecule has 15 heteroatoms. The van der Waals surface area contributed by atoms with Gasteiger partial charge >= 0.3 is 0 Å². The molecule has 6 aromatic rings. The van der Waals surface area contributed by atoms with Crippen molar-refractivity contribution in [2.24, 2.45) is 7.05 Å². The van der Waals surface area contributed by atoms with Gasteiger partial charge in [-0.25, -0.2) is 4.98 Å². The van der Waals surface area contributed by atoms with Crippen LogP contribution in [0.5, 0.6) is 23.0 Å². The van der Waals surface area contributed by atoms with E-state index in [2.05, 4.69) is 25.7 Å². The predicted molar refractivity (Wildman–Crippen MR) is 183 cm³/mol. The Hall–Kier alpha value is -6.69. The van der Waals surface area contributed by atoms with Crippen LogP contribution in [0.2, 0.25) is 0 Å². The standard InChI is InChI=1S/C35H34N10O5/c1-21-32(46)31(45(42-21)15-7-6-14-36)34-41-40-33(44(34)20-22-8-11-24(48-3)12-9-22)30-26-19-38-43(2)28(26)17-27(39-30)35(47)37-18-23-10-13-25(49-4)16-29(23)50-5/h6-13,16-17,19,46H,15,18,20H2,1-5H3,(H,37,47)/b7-6+. The summed E-state index contributed by atoms with van der Waals surface area (Å²) in [6, 6.07) is 16.5. The number of aromatic nitrogens is 8. The molecule has 15 nitrogen and oxygen atoms in total. The average molecular weight is 675 g/mol. The predicted octanol–water partition coefficient (Wildman–Crippen LogP) is 4.19. The molecule has 0 spiro atoms. The number of allylic oxidation sites excluding steroid dienone is 2. The van der Waals surface area contributed by atoms with Crippen molar-refractivity contribution in [3.8, 4) is 52.1 Å². The number of nitrogens with zero attached hydrogens (tertiary/aromatic N) is 9. The first-order valence-electron chi connectivity index (χ1n) is 15.5. The summed E-state index contributed by atoms with van der Waals surface area (Å²) in [6.07, 6.45) is 4.63. The molecular formula is C35H34N10O5. The van der Waals surface area contributed by atoms with Crippen LogP contribution in [0.1, 0.15) is 27.3 Å². The zero-order chi connectivity index (χ0) is 35.4. The van der Waals surface area contributed by atoms with E-state index in [1.807, 2.05) is 36.4 Å². The van der Waals surface area contributed by atoms with Crippen LogP contribution in [0.25, 0.3) is 33.9 Å². The van der Waals surface area contributed by atoms with Crippen molar-refractivity contribution in [2.75, 3.05) is 21.3 Å². The van der Waals surface area contributed by atoms with E-state index >= 15 is 0 Å². The van der Waals surface area contributed by atoms with Gasteiger partial charge in [-0.3, -0.25) is 18.7 Å². The van der Waals surface area contributed by atoms with E-state index in [-0.39, 0.29) is 31.1 Å². The molecule has 6 rings (SSSR count). The Labute approximate surface area is 287 Å². The molecule has 0 saturated carbocycles. The number of ether oxygens (including phenoxy) is 3. The van der Waals surface area contributed by atoms with E-state index in [1.54, 1.807) is 79.7 Å². The summed E-state index contributed by atoms with van der Waals surface area (Å²) in [5, 5.41) is 41.9. The van der Waals surface area contributed by atoms with E-state index in [0.29, 0.717) is 56.9 Å². The molecule has 0 unspecified atom stereocenters. The lowest BCUT2D eigenvalue weighted by Crippen LogP contribution is -2.24. The molecule has 2 aromatic carbocycles. The van der Waals surface area contributed by atoms with Crippen LogP contribution in [0.4, 0.5) is 0 Å². The number of carbonyl (C=O) groups is 1. The first-order valence-corrected chi connectivity index (χ1v) is 15.5. The SMILES string of the molecule is COc1ccc(Cn2c(-c3nc(C(=O)NCc4ccc(OC)cc4OC)cc4c3cnn4C)nnc2-c2c(O)c(C)nn2C/C=C/C#N)cc1. The summed E-state index contributed by atoms with van der Waals surface area (Å²) < 4.78 is 21.2. The molecule has 254 valence electrons. The van der Waals surface area contributed by atoms with Gasteiger partial charge in [0.25, 0.3) is 5.91 Å². The molecule has 0 atom stereocenters. The highest BCUT2D eigenvalue weighted by Gasteiger charge is 2.27. The van der Waals surface area contributed by atoms with Crippen molar-refractivity contribution in [1.82, 2.24) is 44.6 Å². The normalized spacial score (nSPS) is 11.2. The minimum Gasteiger partial charge on any atom is -0.504 e. The minimum atomic E-state index is -0.427. The second-order valence-electron chi connectivity index (χ2n) is 11.2. The van der Waals surface area contributed by atoms with Crippen LogP contribution in [0.15, 0.2) is 66.9 Å². The number of carbonyl (C=O) groups excluding carboxylic acids is 1. The minimum absolute atomic E-state index is 0.0770. The highest BCUT2D eigenvalue weighted by Crippen LogP contribution is 2.35. The van der Waals surface area contributed by atoms with Crippen LogP contribution in [-0.4, -0.2) is 71.7 Å². The van der Waals surface area contributed by atoms with Gasteiger partial charge in [0.15, 0.2) is 17.4 Å². The van der Waals surface area contributed by atoms with Crippen molar-refractivity contribution in [2.45, 2.75) is 26.6 Å². The zero-order valence-corrected chi connectivity index (χ0v) is 28.1. The Morgan fingerprint density at radius 1 is 1.02 bits per heavy atom. The Morgan fingerprint density at radius 2 is 1.76 bits per heavy atom. The van der Waals surface area contributed by atoms with Crippen molar-refractivity contribution >= 4 is 16.8 Å².